The number of pyridine rings is 1. The second-order valence-electron chi connectivity index (χ2n) is 7.44. The second kappa shape index (κ2) is 11.2. The molecule has 168 valence electrons. The highest BCUT2D eigenvalue weighted by molar-refractivity contribution is 7.13. The Bertz CT molecular complexity index is 1020. The Morgan fingerprint density at radius 1 is 1.06 bits per heavy atom. The number of hydrogen-bond donors (Lipinski definition) is 3. The zero-order chi connectivity index (χ0) is 22.9. The van der Waals surface area contributed by atoms with E-state index in [9.17, 15) is 9.59 Å². The van der Waals surface area contributed by atoms with Crippen LogP contribution in [-0.2, 0) is 6.54 Å². The van der Waals surface area contributed by atoms with Crippen molar-refractivity contribution >= 4 is 39.8 Å². The molecule has 2 heterocycles. The van der Waals surface area contributed by atoms with Crippen LogP contribution >= 0.6 is 11.3 Å². The number of thiazole rings is 1. The van der Waals surface area contributed by atoms with Crippen LogP contribution in [-0.4, -0.2) is 58.9 Å². The van der Waals surface area contributed by atoms with Crippen LogP contribution in [0, 0.1) is 0 Å². The topological polar surface area (TPSA) is 116 Å². The molecular formula is C22H27N7O2S. The number of rotatable bonds is 9. The maximum absolute atomic E-state index is 12.8. The van der Waals surface area contributed by atoms with Crippen LogP contribution in [0.4, 0.5) is 21.3 Å². The van der Waals surface area contributed by atoms with Crippen molar-refractivity contribution in [3.8, 4) is 0 Å². The minimum absolute atomic E-state index is 0.222. The first-order chi connectivity index (χ1) is 15.4. The molecule has 0 atom stereocenters. The van der Waals surface area contributed by atoms with Crippen molar-refractivity contribution < 1.29 is 9.59 Å². The number of nitrogens with zero attached hydrogens (tertiary/aromatic N) is 4. The van der Waals surface area contributed by atoms with Crippen LogP contribution in [0.25, 0.3) is 0 Å². The monoisotopic (exact) mass is 453 g/mol. The van der Waals surface area contributed by atoms with Gasteiger partial charge in [-0.1, -0.05) is 18.2 Å². The van der Waals surface area contributed by atoms with Crippen LogP contribution in [0.3, 0.4) is 0 Å². The highest BCUT2D eigenvalue weighted by Crippen LogP contribution is 2.18. The van der Waals surface area contributed by atoms with E-state index in [1.54, 1.807) is 53.7 Å². The normalized spacial score (nSPS) is 10.7. The molecule has 0 unspecified atom stereocenters. The highest BCUT2D eigenvalue weighted by Gasteiger charge is 2.16. The molecule has 0 aliphatic heterocycles. The van der Waals surface area contributed by atoms with Crippen LogP contribution in [0.2, 0.25) is 0 Å². The molecule has 1 aromatic carbocycles. The predicted molar refractivity (Wildman–Crippen MR) is 128 cm³/mol. The number of urea groups is 1. The van der Waals surface area contributed by atoms with Gasteiger partial charge in [-0.3, -0.25) is 15.1 Å². The number of aromatic nitrogens is 2. The van der Waals surface area contributed by atoms with E-state index in [0.717, 1.165) is 18.5 Å². The number of carbonyl (C=O) groups is 2. The lowest BCUT2D eigenvalue weighted by Gasteiger charge is -2.23. The average Bonchev–Trinajstić information content (AvgIpc) is 3.28. The Morgan fingerprint density at radius 2 is 1.88 bits per heavy atom. The van der Waals surface area contributed by atoms with Gasteiger partial charge in [0.05, 0.1) is 11.4 Å². The molecule has 2 aromatic heterocycles. The van der Waals surface area contributed by atoms with E-state index < -0.39 is 0 Å². The summed E-state index contributed by atoms with van der Waals surface area (Å²) in [5.41, 5.74) is 7.98. The molecule has 3 aromatic rings. The van der Waals surface area contributed by atoms with Crippen molar-refractivity contribution in [2.75, 3.05) is 43.6 Å². The van der Waals surface area contributed by atoms with E-state index in [4.69, 9.17) is 5.73 Å². The lowest BCUT2D eigenvalue weighted by atomic mass is 10.2. The number of anilines is 3. The van der Waals surface area contributed by atoms with E-state index in [1.807, 2.05) is 19.5 Å². The van der Waals surface area contributed by atoms with Gasteiger partial charge in [0.25, 0.3) is 5.91 Å². The lowest BCUT2D eigenvalue weighted by molar-refractivity contribution is 0.102. The van der Waals surface area contributed by atoms with Gasteiger partial charge < -0.3 is 20.9 Å². The minimum atomic E-state index is -0.348. The zero-order valence-electron chi connectivity index (χ0n) is 18.1. The summed E-state index contributed by atoms with van der Waals surface area (Å²) < 4.78 is 0. The SMILES string of the molecule is CN(C)CCCN(Cc1ccc(C(=O)Nc2ccccc2N)nc1)C(=O)Nc1nccs1. The van der Waals surface area contributed by atoms with Crippen LogP contribution in [0.1, 0.15) is 22.5 Å². The largest absolute Gasteiger partial charge is 0.397 e. The molecule has 9 nitrogen and oxygen atoms in total. The standard InChI is InChI=1S/C22H27N7O2S/c1-28(2)11-5-12-29(22(31)27-21-24-10-13-32-21)15-16-8-9-19(25-14-16)20(30)26-18-7-4-3-6-17(18)23/h3-4,6-10,13-14H,5,11-12,15,23H2,1-2H3,(H,26,30)(H,24,27,31). The summed E-state index contributed by atoms with van der Waals surface area (Å²) in [6.07, 6.45) is 4.08. The maximum atomic E-state index is 12.8. The number of hydrogen-bond acceptors (Lipinski definition) is 7. The van der Waals surface area contributed by atoms with Crippen molar-refractivity contribution in [2.45, 2.75) is 13.0 Å². The molecule has 3 rings (SSSR count). The van der Waals surface area contributed by atoms with E-state index in [0.29, 0.717) is 29.6 Å². The van der Waals surface area contributed by atoms with Crippen LogP contribution in [0.15, 0.2) is 54.2 Å². The molecule has 0 saturated heterocycles. The smallest absolute Gasteiger partial charge is 0.323 e. The number of nitrogens with two attached hydrogens (primary N) is 1. The molecule has 0 radical (unpaired) electrons. The van der Waals surface area contributed by atoms with Gasteiger partial charge in [0.15, 0.2) is 5.13 Å². The predicted octanol–water partition coefficient (Wildman–Crippen LogP) is 3.36. The third-order valence-electron chi connectivity index (χ3n) is 4.61. The fourth-order valence-electron chi connectivity index (χ4n) is 2.96. The van der Waals surface area contributed by atoms with Gasteiger partial charge in [-0.15, -0.1) is 11.3 Å². The third kappa shape index (κ3) is 6.76. The van der Waals surface area contributed by atoms with Gasteiger partial charge >= 0.3 is 6.03 Å². The molecule has 0 fully saturated rings. The second-order valence-corrected chi connectivity index (χ2v) is 8.33. The lowest BCUT2D eigenvalue weighted by Crippen LogP contribution is -2.36. The number of amides is 3. The molecule has 10 heteroatoms. The fourth-order valence-corrected chi connectivity index (χ4v) is 3.47. The molecule has 32 heavy (non-hydrogen) atoms. The van der Waals surface area contributed by atoms with E-state index in [-0.39, 0.29) is 17.6 Å². The molecule has 0 saturated carbocycles. The highest BCUT2D eigenvalue weighted by atomic mass is 32.1. The Labute approximate surface area is 191 Å². The number of nitrogens with one attached hydrogen (secondary N) is 2. The van der Waals surface area contributed by atoms with Gasteiger partial charge in [-0.25, -0.2) is 9.78 Å². The van der Waals surface area contributed by atoms with Gasteiger partial charge in [-0.2, -0.15) is 0 Å². The molecule has 0 bridgehead atoms. The molecule has 0 aliphatic carbocycles. The number of para-hydroxylation sites is 2. The summed E-state index contributed by atoms with van der Waals surface area (Å²) >= 11 is 1.37. The van der Waals surface area contributed by atoms with Crippen molar-refractivity contribution in [1.82, 2.24) is 19.8 Å². The summed E-state index contributed by atoms with van der Waals surface area (Å²) in [4.78, 5) is 37.4. The van der Waals surface area contributed by atoms with Crippen molar-refractivity contribution in [1.29, 1.82) is 0 Å². The van der Waals surface area contributed by atoms with E-state index >= 15 is 0 Å². The minimum Gasteiger partial charge on any atom is -0.397 e. The van der Waals surface area contributed by atoms with Gasteiger partial charge in [0.1, 0.15) is 5.69 Å². The molecular weight excluding hydrogens is 426 g/mol. The quantitative estimate of drug-likeness (QED) is 0.428. The average molecular weight is 454 g/mol. The number of nitrogen functional groups attached to an aromatic ring is 1. The van der Waals surface area contributed by atoms with Crippen molar-refractivity contribution in [2.24, 2.45) is 0 Å². The van der Waals surface area contributed by atoms with Crippen LogP contribution < -0.4 is 16.4 Å². The summed E-state index contributed by atoms with van der Waals surface area (Å²) in [5, 5.41) is 7.95. The molecule has 3 amide bonds. The summed E-state index contributed by atoms with van der Waals surface area (Å²) in [6.45, 7) is 1.80. The Balaban J connectivity index is 1.65. The first kappa shape index (κ1) is 23.2. The summed E-state index contributed by atoms with van der Waals surface area (Å²) in [6, 6.07) is 10.3. The zero-order valence-corrected chi connectivity index (χ0v) is 18.9. The Hall–Kier alpha value is -3.50. The van der Waals surface area contributed by atoms with Crippen LogP contribution in [0.5, 0.6) is 0 Å². The number of benzene rings is 1. The van der Waals surface area contributed by atoms with Gasteiger partial charge in [0.2, 0.25) is 0 Å². The van der Waals surface area contributed by atoms with E-state index in [2.05, 4.69) is 25.5 Å². The maximum Gasteiger partial charge on any atom is 0.323 e. The summed E-state index contributed by atoms with van der Waals surface area (Å²) in [7, 11) is 3.99. The fraction of sp³-hybridized carbons (Fsp3) is 0.273. The first-order valence-corrected chi connectivity index (χ1v) is 11.0. The summed E-state index contributed by atoms with van der Waals surface area (Å²) in [5.74, 6) is -0.348. The van der Waals surface area contributed by atoms with Gasteiger partial charge in [-0.05, 0) is 50.8 Å². The third-order valence-corrected chi connectivity index (χ3v) is 5.30. The molecule has 4 N–H and O–H groups in total. The van der Waals surface area contributed by atoms with Crippen molar-refractivity contribution in [3.05, 3.63) is 65.4 Å². The van der Waals surface area contributed by atoms with Gasteiger partial charge in [0, 0.05) is 30.9 Å². The molecule has 0 aliphatic rings. The van der Waals surface area contributed by atoms with Crippen molar-refractivity contribution in [3.63, 3.8) is 0 Å². The van der Waals surface area contributed by atoms with E-state index in [1.165, 1.54) is 11.3 Å². The number of carbonyl (C=O) groups excluding carboxylic acids is 2. The molecule has 0 spiro atoms. The Morgan fingerprint density at radius 3 is 2.53 bits per heavy atom. The Kier molecular flexibility index (Phi) is 8.12. The first-order valence-electron chi connectivity index (χ1n) is 10.1.